The molecule has 1 aliphatic rings. The Kier molecular flexibility index (Phi) is 5.59. The minimum absolute atomic E-state index is 0.0701. The normalized spacial score (nSPS) is 20.6. The minimum Gasteiger partial charge on any atom is -0.480 e. The number of nitrogens with zero attached hydrogens (tertiary/aromatic N) is 1. The number of carboxylic acids is 1. The first-order valence-corrected chi connectivity index (χ1v) is 9.94. The maximum absolute atomic E-state index is 13.1. The second-order valence-corrected chi connectivity index (χ2v) is 8.31. The molecule has 0 saturated carbocycles. The lowest BCUT2D eigenvalue weighted by atomic mass is 9.99. The number of rotatable bonds is 7. The lowest BCUT2D eigenvalue weighted by Crippen LogP contribution is -2.56. The molecule has 0 aliphatic carbocycles. The first kappa shape index (κ1) is 19.5. The predicted molar refractivity (Wildman–Crippen MR) is 96.0 cm³/mol. The number of carbonyl (C=O) groups is 1. The van der Waals surface area contributed by atoms with Gasteiger partial charge in [0.25, 0.3) is 0 Å². The van der Waals surface area contributed by atoms with E-state index in [1.807, 2.05) is 30.3 Å². The summed E-state index contributed by atoms with van der Waals surface area (Å²) in [6.45, 7) is -0.0152. The first-order valence-electron chi connectivity index (χ1n) is 8.50. The molecule has 6 nitrogen and oxygen atoms in total. The standard InChI is InChI=1S/C19H20FNO5S/c20-16-7-9-17(10-8-16)27(24,25)21-12-4-11-19(21,18(22)23)14-26-13-15-5-2-1-3-6-15/h1-3,5-10H,4,11-14H2,(H,22,23)/t19-/m1/s1. The van der Waals surface area contributed by atoms with Crippen molar-refractivity contribution in [3.8, 4) is 0 Å². The summed E-state index contributed by atoms with van der Waals surface area (Å²) < 4.78 is 45.7. The SMILES string of the molecule is O=C(O)[C@]1(COCc2ccccc2)CCCN1S(=O)(=O)c1ccc(F)cc1. The second kappa shape index (κ2) is 7.75. The van der Waals surface area contributed by atoms with Gasteiger partial charge in [0.15, 0.2) is 5.54 Å². The van der Waals surface area contributed by atoms with Crippen molar-refractivity contribution in [1.82, 2.24) is 4.31 Å². The van der Waals surface area contributed by atoms with Gasteiger partial charge in [-0.3, -0.25) is 4.79 Å². The van der Waals surface area contributed by atoms with Crippen molar-refractivity contribution in [1.29, 1.82) is 0 Å². The van der Waals surface area contributed by atoms with E-state index < -0.39 is 27.3 Å². The van der Waals surface area contributed by atoms with Gasteiger partial charge in [-0.05, 0) is 42.7 Å². The van der Waals surface area contributed by atoms with Crippen LogP contribution in [0.4, 0.5) is 4.39 Å². The highest BCUT2D eigenvalue weighted by molar-refractivity contribution is 7.89. The molecule has 1 atom stereocenters. The molecule has 0 spiro atoms. The fraction of sp³-hybridized carbons (Fsp3) is 0.316. The topological polar surface area (TPSA) is 83.9 Å². The molecule has 1 saturated heterocycles. The highest BCUT2D eigenvalue weighted by atomic mass is 32.2. The Labute approximate surface area is 157 Å². The maximum Gasteiger partial charge on any atom is 0.327 e. The number of benzene rings is 2. The number of hydrogen-bond donors (Lipinski definition) is 1. The van der Waals surface area contributed by atoms with Gasteiger partial charge in [0.1, 0.15) is 5.82 Å². The van der Waals surface area contributed by atoms with Crippen molar-refractivity contribution in [3.05, 3.63) is 66.0 Å². The Hall–Kier alpha value is -2.29. The summed E-state index contributed by atoms with van der Waals surface area (Å²) in [4.78, 5) is 11.9. The van der Waals surface area contributed by atoms with Gasteiger partial charge in [0.05, 0.1) is 18.1 Å². The van der Waals surface area contributed by atoms with Crippen LogP contribution in [0.1, 0.15) is 18.4 Å². The van der Waals surface area contributed by atoms with Crippen LogP contribution < -0.4 is 0 Å². The van der Waals surface area contributed by atoms with Gasteiger partial charge in [0, 0.05) is 6.54 Å². The van der Waals surface area contributed by atoms with E-state index in [9.17, 15) is 22.7 Å². The molecule has 27 heavy (non-hydrogen) atoms. The van der Waals surface area contributed by atoms with Crippen LogP contribution >= 0.6 is 0 Å². The van der Waals surface area contributed by atoms with E-state index in [1.54, 1.807) is 0 Å². The Morgan fingerprint density at radius 1 is 1.15 bits per heavy atom. The molecule has 1 heterocycles. The van der Waals surface area contributed by atoms with Gasteiger partial charge in [-0.15, -0.1) is 0 Å². The number of carboxylic acid groups (broad SMARTS) is 1. The van der Waals surface area contributed by atoms with Crippen molar-refractivity contribution >= 4 is 16.0 Å². The van der Waals surface area contributed by atoms with Gasteiger partial charge in [-0.25, -0.2) is 12.8 Å². The van der Waals surface area contributed by atoms with E-state index in [0.29, 0.717) is 6.42 Å². The number of ether oxygens (including phenoxy) is 1. The molecule has 0 aromatic heterocycles. The highest BCUT2D eigenvalue weighted by Crippen LogP contribution is 2.35. The summed E-state index contributed by atoms with van der Waals surface area (Å²) in [6, 6.07) is 13.6. The van der Waals surface area contributed by atoms with Crippen LogP contribution in [0.2, 0.25) is 0 Å². The van der Waals surface area contributed by atoms with E-state index in [0.717, 1.165) is 34.1 Å². The van der Waals surface area contributed by atoms with Gasteiger partial charge < -0.3 is 9.84 Å². The zero-order valence-corrected chi connectivity index (χ0v) is 15.4. The van der Waals surface area contributed by atoms with E-state index in [4.69, 9.17) is 4.74 Å². The summed E-state index contributed by atoms with van der Waals surface area (Å²) in [5, 5.41) is 9.84. The quantitative estimate of drug-likeness (QED) is 0.782. The molecule has 1 N–H and O–H groups in total. The zero-order chi connectivity index (χ0) is 19.5. The Morgan fingerprint density at radius 2 is 1.81 bits per heavy atom. The molecule has 1 aliphatic heterocycles. The average Bonchev–Trinajstić information content (AvgIpc) is 3.09. The van der Waals surface area contributed by atoms with Crippen molar-refractivity contribution < 1.29 is 27.4 Å². The van der Waals surface area contributed by atoms with Gasteiger partial charge >= 0.3 is 5.97 Å². The fourth-order valence-electron chi connectivity index (χ4n) is 3.27. The molecule has 2 aromatic rings. The zero-order valence-electron chi connectivity index (χ0n) is 14.5. The van der Waals surface area contributed by atoms with E-state index in [1.165, 1.54) is 0 Å². The minimum atomic E-state index is -4.10. The van der Waals surface area contributed by atoms with Crippen molar-refractivity contribution in [3.63, 3.8) is 0 Å². The monoisotopic (exact) mass is 393 g/mol. The number of sulfonamides is 1. The molecular weight excluding hydrogens is 373 g/mol. The summed E-state index contributed by atoms with van der Waals surface area (Å²) in [5.74, 6) is -1.81. The third-order valence-corrected chi connectivity index (χ3v) is 6.66. The van der Waals surface area contributed by atoms with E-state index in [-0.39, 0.29) is 31.1 Å². The molecule has 3 rings (SSSR count). The molecule has 8 heteroatoms. The third-order valence-electron chi connectivity index (χ3n) is 4.68. The number of hydrogen-bond acceptors (Lipinski definition) is 4. The summed E-state index contributed by atoms with van der Waals surface area (Å²) in [5.41, 5.74) is -0.814. The van der Waals surface area contributed by atoms with Crippen LogP contribution in [0.15, 0.2) is 59.5 Å². The molecule has 0 radical (unpaired) electrons. The van der Waals surface area contributed by atoms with Crippen molar-refractivity contribution in [2.75, 3.05) is 13.2 Å². The lowest BCUT2D eigenvalue weighted by molar-refractivity contribution is -0.151. The van der Waals surface area contributed by atoms with Gasteiger partial charge in [-0.2, -0.15) is 4.31 Å². The predicted octanol–water partition coefficient (Wildman–Crippen LogP) is 2.65. The lowest BCUT2D eigenvalue weighted by Gasteiger charge is -2.33. The van der Waals surface area contributed by atoms with Gasteiger partial charge in [-0.1, -0.05) is 30.3 Å². The van der Waals surface area contributed by atoms with Crippen LogP contribution in [0.5, 0.6) is 0 Å². The van der Waals surface area contributed by atoms with Crippen molar-refractivity contribution in [2.24, 2.45) is 0 Å². The van der Waals surface area contributed by atoms with Gasteiger partial charge in [0.2, 0.25) is 10.0 Å². The fourth-order valence-corrected chi connectivity index (χ4v) is 5.06. The molecule has 0 amide bonds. The maximum atomic E-state index is 13.1. The van der Waals surface area contributed by atoms with Crippen LogP contribution in [0, 0.1) is 5.82 Å². The molecule has 1 fully saturated rings. The Balaban J connectivity index is 1.84. The average molecular weight is 393 g/mol. The van der Waals surface area contributed by atoms with Crippen LogP contribution in [-0.2, 0) is 26.2 Å². The van der Waals surface area contributed by atoms with Crippen LogP contribution in [0.3, 0.4) is 0 Å². The second-order valence-electron chi connectivity index (χ2n) is 6.45. The van der Waals surface area contributed by atoms with E-state index >= 15 is 0 Å². The summed E-state index contributed by atoms with van der Waals surface area (Å²) in [6.07, 6.45) is 0.555. The van der Waals surface area contributed by atoms with E-state index in [2.05, 4.69) is 0 Å². The Bertz CT molecular complexity index is 901. The summed E-state index contributed by atoms with van der Waals surface area (Å²) >= 11 is 0. The van der Waals surface area contributed by atoms with Crippen LogP contribution in [0.25, 0.3) is 0 Å². The molecular formula is C19H20FNO5S. The third kappa shape index (κ3) is 3.87. The number of aliphatic carboxylic acids is 1. The molecule has 2 aromatic carbocycles. The summed E-state index contributed by atoms with van der Waals surface area (Å²) in [7, 11) is -4.10. The smallest absolute Gasteiger partial charge is 0.327 e. The molecule has 0 bridgehead atoms. The number of halogens is 1. The highest BCUT2D eigenvalue weighted by Gasteiger charge is 2.53. The first-order chi connectivity index (χ1) is 12.9. The van der Waals surface area contributed by atoms with Crippen LogP contribution in [-0.4, -0.2) is 42.5 Å². The molecule has 0 unspecified atom stereocenters. The largest absolute Gasteiger partial charge is 0.480 e. The molecule has 144 valence electrons. The Morgan fingerprint density at radius 3 is 2.44 bits per heavy atom. The van der Waals surface area contributed by atoms with Crippen molar-refractivity contribution in [2.45, 2.75) is 29.9 Å².